The third-order valence-electron chi connectivity index (χ3n) is 3.21. The molecule has 1 saturated carbocycles. The normalized spacial score (nSPS) is 16.9. The van der Waals surface area contributed by atoms with Gasteiger partial charge in [-0.25, -0.2) is 0 Å². The molecule has 0 bridgehead atoms. The minimum Gasteiger partial charge on any atom is -0.330 e. The van der Waals surface area contributed by atoms with Crippen LogP contribution in [-0.2, 0) is 4.79 Å². The average Bonchev–Trinajstić information content (AvgIpc) is 2.44. The van der Waals surface area contributed by atoms with Gasteiger partial charge in [-0.05, 0) is 44.1 Å². The van der Waals surface area contributed by atoms with Gasteiger partial charge in [0.1, 0.15) is 6.29 Å². The summed E-state index contributed by atoms with van der Waals surface area (Å²) in [7, 11) is 0. The van der Waals surface area contributed by atoms with Gasteiger partial charge in [0.05, 0.1) is 0 Å². The standard InChI is InChI=1S/C10H16O.C6H12OS/c1-4-5-6-10(8-11)7-9(2)3;7-8-6-4-2-1-3-5-6/h8-10H,6-7H2,1-3H3;6-7H,1-5H2/t10-;/m0./s1. The van der Waals surface area contributed by atoms with Gasteiger partial charge in [0.25, 0.3) is 0 Å². The highest BCUT2D eigenvalue weighted by Gasteiger charge is 2.11. The zero-order valence-corrected chi connectivity index (χ0v) is 13.3. The van der Waals surface area contributed by atoms with Crippen LogP contribution in [0.3, 0.4) is 0 Å². The highest BCUT2D eigenvalue weighted by molar-refractivity contribution is 7.94. The first-order valence-electron chi connectivity index (χ1n) is 7.29. The number of hydrogen-bond acceptors (Lipinski definition) is 3. The van der Waals surface area contributed by atoms with Crippen LogP contribution >= 0.6 is 12.0 Å². The lowest BCUT2D eigenvalue weighted by molar-refractivity contribution is -0.111. The molecule has 1 aliphatic rings. The maximum atomic E-state index is 10.5. The fraction of sp³-hybridized carbons (Fsp3) is 0.812. The molecule has 1 aliphatic carbocycles. The monoisotopic (exact) mass is 284 g/mol. The van der Waals surface area contributed by atoms with Gasteiger partial charge in [-0.2, -0.15) is 0 Å². The Morgan fingerprint density at radius 2 is 1.95 bits per heavy atom. The summed E-state index contributed by atoms with van der Waals surface area (Å²) < 4.78 is 8.61. The molecule has 0 amide bonds. The molecule has 1 fully saturated rings. The van der Waals surface area contributed by atoms with Gasteiger partial charge in [0.15, 0.2) is 0 Å². The second kappa shape index (κ2) is 12.6. The highest BCUT2D eigenvalue weighted by Crippen LogP contribution is 2.25. The number of aldehydes is 1. The van der Waals surface area contributed by atoms with Crippen LogP contribution < -0.4 is 0 Å². The maximum Gasteiger partial charge on any atom is 0.124 e. The Morgan fingerprint density at radius 1 is 1.32 bits per heavy atom. The van der Waals surface area contributed by atoms with Crippen molar-refractivity contribution in [2.75, 3.05) is 0 Å². The highest BCUT2D eigenvalue weighted by atomic mass is 32.2. The van der Waals surface area contributed by atoms with Crippen molar-refractivity contribution in [3.63, 3.8) is 0 Å². The van der Waals surface area contributed by atoms with E-state index in [-0.39, 0.29) is 5.92 Å². The SMILES string of the molecule is CC#CC[C@H](C=O)CC(C)C.OSC1CCCCC1. The van der Waals surface area contributed by atoms with E-state index in [2.05, 4.69) is 25.7 Å². The Bertz CT molecular complexity index is 272. The summed E-state index contributed by atoms with van der Waals surface area (Å²) in [5.74, 6) is 6.45. The molecule has 0 spiro atoms. The molecule has 19 heavy (non-hydrogen) atoms. The molecule has 1 atom stereocenters. The molecule has 3 heteroatoms. The van der Waals surface area contributed by atoms with E-state index in [1.165, 1.54) is 32.1 Å². The van der Waals surface area contributed by atoms with Crippen LogP contribution in [0.1, 0.15) is 65.7 Å². The molecule has 110 valence electrons. The van der Waals surface area contributed by atoms with Crippen molar-refractivity contribution in [2.24, 2.45) is 11.8 Å². The Hall–Kier alpha value is -0.460. The van der Waals surface area contributed by atoms with Crippen LogP contribution in [-0.4, -0.2) is 16.1 Å². The number of rotatable bonds is 5. The van der Waals surface area contributed by atoms with Gasteiger partial charge in [-0.15, -0.1) is 11.8 Å². The minimum absolute atomic E-state index is 0.141. The van der Waals surface area contributed by atoms with E-state index in [0.717, 1.165) is 31.2 Å². The number of carbonyl (C=O) groups is 1. The van der Waals surface area contributed by atoms with Crippen LogP contribution in [0.5, 0.6) is 0 Å². The van der Waals surface area contributed by atoms with Gasteiger partial charge in [-0.3, -0.25) is 0 Å². The van der Waals surface area contributed by atoms with E-state index in [0.29, 0.717) is 11.2 Å². The summed E-state index contributed by atoms with van der Waals surface area (Å²) in [5, 5.41) is 0.559. The predicted octanol–water partition coefficient (Wildman–Crippen LogP) is 4.79. The molecule has 0 aromatic heterocycles. The molecular formula is C16H28O2S. The summed E-state index contributed by atoms with van der Waals surface area (Å²) >= 11 is 1.05. The molecule has 1 rings (SSSR count). The second-order valence-corrected chi connectivity index (χ2v) is 6.40. The van der Waals surface area contributed by atoms with E-state index in [1.54, 1.807) is 6.92 Å². The Morgan fingerprint density at radius 3 is 2.32 bits per heavy atom. The Balaban J connectivity index is 0.000000356. The van der Waals surface area contributed by atoms with E-state index >= 15 is 0 Å². The van der Waals surface area contributed by atoms with E-state index in [1.807, 2.05) is 0 Å². The molecule has 0 aromatic carbocycles. The zero-order chi connectivity index (χ0) is 14.5. The van der Waals surface area contributed by atoms with Crippen LogP contribution in [0, 0.1) is 23.7 Å². The molecule has 0 heterocycles. The largest absolute Gasteiger partial charge is 0.330 e. The van der Waals surface area contributed by atoms with Crippen molar-refractivity contribution < 1.29 is 9.35 Å². The first kappa shape index (κ1) is 18.5. The summed E-state index contributed by atoms with van der Waals surface area (Å²) in [4.78, 5) is 10.5. The van der Waals surface area contributed by atoms with Crippen molar-refractivity contribution in [1.29, 1.82) is 0 Å². The second-order valence-electron chi connectivity index (χ2n) is 5.52. The zero-order valence-electron chi connectivity index (χ0n) is 12.5. The van der Waals surface area contributed by atoms with Crippen molar-refractivity contribution in [1.82, 2.24) is 0 Å². The Kier molecular flexibility index (Phi) is 12.3. The predicted molar refractivity (Wildman–Crippen MR) is 84.2 cm³/mol. The third-order valence-corrected chi connectivity index (χ3v) is 3.98. The maximum absolute atomic E-state index is 10.5. The van der Waals surface area contributed by atoms with Gasteiger partial charge < -0.3 is 9.35 Å². The van der Waals surface area contributed by atoms with Crippen molar-refractivity contribution in [2.45, 2.75) is 71.0 Å². The molecule has 0 aromatic rings. The topological polar surface area (TPSA) is 37.3 Å². The van der Waals surface area contributed by atoms with Crippen LogP contribution in [0.15, 0.2) is 0 Å². The fourth-order valence-corrected chi connectivity index (χ4v) is 2.74. The van der Waals surface area contributed by atoms with Crippen molar-refractivity contribution in [3.8, 4) is 11.8 Å². The van der Waals surface area contributed by atoms with Gasteiger partial charge in [0.2, 0.25) is 0 Å². The van der Waals surface area contributed by atoms with Crippen LogP contribution in [0.4, 0.5) is 0 Å². The summed E-state index contributed by atoms with van der Waals surface area (Å²) in [6.07, 6.45) is 9.15. The number of hydrogen-bond donors (Lipinski definition) is 1. The van der Waals surface area contributed by atoms with E-state index in [4.69, 9.17) is 4.55 Å². The molecule has 0 saturated heterocycles. The van der Waals surface area contributed by atoms with Gasteiger partial charge >= 0.3 is 0 Å². The quantitative estimate of drug-likeness (QED) is 0.448. The van der Waals surface area contributed by atoms with Crippen molar-refractivity contribution >= 4 is 18.3 Å². The summed E-state index contributed by atoms with van der Waals surface area (Å²) in [6.45, 7) is 6.04. The molecule has 0 aliphatic heterocycles. The lowest BCUT2D eigenvalue weighted by Crippen LogP contribution is -2.06. The van der Waals surface area contributed by atoms with E-state index in [9.17, 15) is 4.79 Å². The first-order valence-corrected chi connectivity index (χ1v) is 8.12. The smallest absolute Gasteiger partial charge is 0.124 e. The molecule has 1 N–H and O–H groups in total. The first-order chi connectivity index (χ1) is 9.13. The molecule has 0 unspecified atom stereocenters. The van der Waals surface area contributed by atoms with Crippen LogP contribution in [0.25, 0.3) is 0 Å². The van der Waals surface area contributed by atoms with E-state index < -0.39 is 0 Å². The van der Waals surface area contributed by atoms with Gasteiger partial charge in [0, 0.05) is 17.6 Å². The van der Waals surface area contributed by atoms with Crippen LogP contribution in [0.2, 0.25) is 0 Å². The molecule has 2 nitrogen and oxygen atoms in total. The van der Waals surface area contributed by atoms with Crippen molar-refractivity contribution in [3.05, 3.63) is 0 Å². The Labute approximate surface area is 123 Å². The number of carbonyl (C=O) groups excluding carboxylic acids is 1. The summed E-state index contributed by atoms with van der Waals surface area (Å²) in [5.41, 5.74) is 0. The lowest BCUT2D eigenvalue weighted by atomic mass is 9.96. The molecule has 0 radical (unpaired) electrons. The molecular weight excluding hydrogens is 256 g/mol. The fourth-order valence-electron chi connectivity index (χ4n) is 2.20. The average molecular weight is 284 g/mol. The summed E-state index contributed by atoms with van der Waals surface area (Å²) in [6, 6.07) is 0. The minimum atomic E-state index is 0.141. The van der Waals surface area contributed by atoms with Gasteiger partial charge in [-0.1, -0.05) is 33.1 Å². The third kappa shape index (κ3) is 11.1. The lowest BCUT2D eigenvalue weighted by Gasteiger charge is -2.16.